The Labute approximate surface area is 97.2 Å². The molecule has 0 unspecified atom stereocenters. The van der Waals surface area contributed by atoms with Crippen LogP contribution in [-0.2, 0) is 14.3 Å². The molecule has 0 aliphatic heterocycles. The molecule has 0 amide bonds. The van der Waals surface area contributed by atoms with Gasteiger partial charge in [-0.05, 0) is 6.92 Å². The number of ether oxygens (including phenoxy) is 1. The molecule has 0 atom stereocenters. The number of rotatable bonds is 2. The topological polar surface area (TPSA) is 63.6 Å². The van der Waals surface area contributed by atoms with Crippen LogP contribution >= 0.6 is 0 Å². The molecule has 0 aromatic heterocycles. The Morgan fingerprint density at radius 2 is 1.44 bits per heavy atom. The van der Waals surface area contributed by atoms with E-state index in [4.69, 9.17) is 5.11 Å². The largest absolute Gasteiger partial charge is 0.478 e. The molecule has 0 aromatic carbocycles. The van der Waals surface area contributed by atoms with Crippen LogP contribution in [0.1, 0.15) is 6.92 Å². The van der Waals surface area contributed by atoms with E-state index in [-0.39, 0.29) is 5.57 Å². The zero-order valence-corrected chi connectivity index (χ0v) is 9.99. The third-order valence-corrected chi connectivity index (χ3v) is 0.733. The minimum absolute atomic E-state index is 0.176. The molecule has 0 fully saturated rings. The summed E-state index contributed by atoms with van der Waals surface area (Å²) in [7, 11) is 1.31. The summed E-state index contributed by atoms with van der Waals surface area (Å²) in [5.74, 6) is -1.33. The van der Waals surface area contributed by atoms with Crippen LogP contribution in [0, 0.1) is 0 Å². The monoisotopic (exact) mass is 228 g/mol. The smallest absolute Gasteiger partial charge is 0.330 e. The number of aliphatic carboxylic acids is 1. The average Bonchev–Trinajstić information content (AvgIpc) is 2.33. The fraction of sp³-hybridized carbons (Fsp3) is 0.167. The van der Waals surface area contributed by atoms with Crippen LogP contribution in [0.5, 0.6) is 0 Å². The Balaban J connectivity index is -0.0000000686. The van der Waals surface area contributed by atoms with Gasteiger partial charge in [-0.3, -0.25) is 0 Å². The van der Waals surface area contributed by atoms with Crippen LogP contribution in [0.4, 0.5) is 0 Å². The Bertz CT molecular complexity index is 202. The lowest BCUT2D eigenvalue weighted by Crippen LogP contribution is -1.92. The van der Waals surface area contributed by atoms with E-state index in [2.05, 4.69) is 44.2 Å². The minimum Gasteiger partial charge on any atom is -0.478 e. The van der Waals surface area contributed by atoms with Crippen LogP contribution in [0.15, 0.2) is 51.1 Å². The number of methoxy groups -OCH3 is 1. The molecule has 0 aromatic rings. The van der Waals surface area contributed by atoms with Crippen molar-refractivity contribution in [2.75, 3.05) is 7.11 Å². The second kappa shape index (κ2) is 23.1. The molecular formula is C12H20O4. The summed E-state index contributed by atoms with van der Waals surface area (Å²) in [5, 5.41) is 7.89. The number of hydrogen-bond donors (Lipinski definition) is 1. The van der Waals surface area contributed by atoms with Crippen LogP contribution in [-0.4, -0.2) is 24.2 Å². The predicted molar refractivity (Wildman–Crippen MR) is 67.2 cm³/mol. The van der Waals surface area contributed by atoms with Crippen LogP contribution in [0.25, 0.3) is 0 Å². The van der Waals surface area contributed by atoms with Crippen LogP contribution in [0.3, 0.4) is 0 Å². The van der Waals surface area contributed by atoms with Gasteiger partial charge in [-0.15, -0.1) is 26.3 Å². The standard InChI is InChI=1S/2C4H6O2.2C2H4/c1-3-4(5)6-2;1-3(2)4(5)6;2*1-2/h3H,1H2,2H3;1H2,2H3,(H,5,6);2*1-2H2. The number of esters is 1. The molecule has 0 radical (unpaired) electrons. The molecule has 0 aliphatic carbocycles. The highest BCUT2D eigenvalue weighted by Gasteiger charge is 1.90. The highest BCUT2D eigenvalue weighted by Crippen LogP contribution is 1.81. The highest BCUT2D eigenvalue weighted by molar-refractivity contribution is 5.84. The van der Waals surface area contributed by atoms with E-state index in [9.17, 15) is 9.59 Å². The van der Waals surface area contributed by atoms with Crippen molar-refractivity contribution in [2.45, 2.75) is 6.92 Å². The van der Waals surface area contributed by atoms with Gasteiger partial charge in [0.05, 0.1) is 7.11 Å². The molecule has 4 heteroatoms. The number of carboxylic acid groups (broad SMARTS) is 1. The maximum Gasteiger partial charge on any atom is 0.330 e. The second-order valence-electron chi connectivity index (χ2n) is 1.81. The first-order valence-electron chi connectivity index (χ1n) is 4.04. The van der Waals surface area contributed by atoms with Crippen molar-refractivity contribution in [3.63, 3.8) is 0 Å². The van der Waals surface area contributed by atoms with Crippen molar-refractivity contribution in [2.24, 2.45) is 0 Å². The Morgan fingerprint density at radius 3 is 1.44 bits per heavy atom. The number of carbonyl (C=O) groups excluding carboxylic acids is 1. The quantitative estimate of drug-likeness (QED) is 0.448. The first-order valence-corrected chi connectivity index (χ1v) is 4.04. The van der Waals surface area contributed by atoms with E-state index >= 15 is 0 Å². The molecule has 0 bridgehead atoms. The van der Waals surface area contributed by atoms with E-state index in [1.165, 1.54) is 14.0 Å². The summed E-state index contributed by atoms with van der Waals surface area (Å²) in [6.45, 7) is 19.8. The van der Waals surface area contributed by atoms with Gasteiger partial charge in [-0.1, -0.05) is 13.2 Å². The number of carbonyl (C=O) groups is 2. The zero-order chi connectivity index (χ0) is 14.1. The number of carboxylic acids is 1. The van der Waals surface area contributed by atoms with Gasteiger partial charge in [0.15, 0.2) is 0 Å². The minimum atomic E-state index is -0.935. The average molecular weight is 228 g/mol. The van der Waals surface area contributed by atoms with Crippen molar-refractivity contribution < 1.29 is 19.4 Å². The fourth-order valence-corrected chi connectivity index (χ4v) is 0.0833. The summed E-state index contributed by atoms with van der Waals surface area (Å²) >= 11 is 0. The summed E-state index contributed by atoms with van der Waals surface area (Å²) in [6.07, 6.45) is 1.11. The first kappa shape index (κ1) is 23.6. The van der Waals surface area contributed by atoms with E-state index in [1.807, 2.05) is 0 Å². The van der Waals surface area contributed by atoms with Crippen molar-refractivity contribution in [3.8, 4) is 0 Å². The zero-order valence-electron chi connectivity index (χ0n) is 9.99. The molecule has 16 heavy (non-hydrogen) atoms. The Morgan fingerprint density at radius 1 is 1.19 bits per heavy atom. The molecule has 0 rings (SSSR count). The lowest BCUT2D eigenvalue weighted by Gasteiger charge is -1.83. The molecule has 0 saturated heterocycles. The predicted octanol–water partition coefficient (Wildman–Crippen LogP) is 2.60. The van der Waals surface area contributed by atoms with Crippen LogP contribution in [0.2, 0.25) is 0 Å². The summed E-state index contributed by atoms with van der Waals surface area (Å²) < 4.78 is 4.14. The highest BCUT2D eigenvalue weighted by atomic mass is 16.5. The second-order valence-corrected chi connectivity index (χ2v) is 1.81. The molecule has 0 spiro atoms. The van der Waals surface area contributed by atoms with E-state index in [0.717, 1.165) is 6.08 Å². The molecule has 4 nitrogen and oxygen atoms in total. The maximum absolute atomic E-state index is 9.84. The Kier molecular flexibility index (Phi) is 34.0. The molecule has 0 aliphatic rings. The van der Waals surface area contributed by atoms with E-state index in [1.54, 1.807) is 0 Å². The van der Waals surface area contributed by atoms with Crippen molar-refractivity contribution in [3.05, 3.63) is 51.1 Å². The summed E-state index contributed by atoms with van der Waals surface area (Å²) in [5.41, 5.74) is 0.176. The van der Waals surface area contributed by atoms with Crippen molar-refractivity contribution in [1.82, 2.24) is 0 Å². The third-order valence-electron chi connectivity index (χ3n) is 0.733. The van der Waals surface area contributed by atoms with Gasteiger partial charge in [0.2, 0.25) is 0 Å². The van der Waals surface area contributed by atoms with Gasteiger partial charge in [0.1, 0.15) is 0 Å². The summed E-state index contributed by atoms with van der Waals surface area (Å²) in [6, 6.07) is 0. The van der Waals surface area contributed by atoms with Gasteiger partial charge >= 0.3 is 11.9 Å². The third kappa shape index (κ3) is 40.6. The molecule has 92 valence electrons. The molecule has 1 N–H and O–H groups in total. The molecule has 0 heterocycles. The lowest BCUT2D eigenvalue weighted by atomic mass is 10.4. The number of hydrogen-bond acceptors (Lipinski definition) is 3. The normalized spacial score (nSPS) is 5.88. The Hall–Kier alpha value is -2.10. The van der Waals surface area contributed by atoms with Gasteiger partial charge in [-0.25, -0.2) is 9.59 Å². The van der Waals surface area contributed by atoms with E-state index in [0.29, 0.717) is 0 Å². The van der Waals surface area contributed by atoms with Gasteiger partial charge in [0, 0.05) is 11.6 Å². The van der Waals surface area contributed by atoms with Gasteiger partial charge in [-0.2, -0.15) is 0 Å². The maximum atomic E-state index is 9.84. The molecule has 0 saturated carbocycles. The van der Waals surface area contributed by atoms with Gasteiger partial charge < -0.3 is 9.84 Å². The van der Waals surface area contributed by atoms with Gasteiger partial charge in [0.25, 0.3) is 0 Å². The summed E-state index contributed by atoms with van der Waals surface area (Å²) in [4.78, 5) is 19.4. The molecular weight excluding hydrogens is 208 g/mol. The SMILES string of the molecule is C=C.C=C.C=C(C)C(=O)O.C=CC(=O)OC. The van der Waals surface area contributed by atoms with E-state index < -0.39 is 11.9 Å². The van der Waals surface area contributed by atoms with Crippen LogP contribution < -0.4 is 0 Å². The fourth-order valence-electron chi connectivity index (χ4n) is 0.0833. The first-order chi connectivity index (χ1) is 7.45. The lowest BCUT2D eigenvalue weighted by molar-refractivity contribution is -0.135. The van der Waals surface area contributed by atoms with Crippen molar-refractivity contribution >= 4 is 11.9 Å². The van der Waals surface area contributed by atoms with Crippen molar-refractivity contribution in [1.29, 1.82) is 0 Å².